The molecule has 1 aliphatic carbocycles. The molecule has 1 aromatic rings. The van der Waals surface area contributed by atoms with E-state index in [0.717, 1.165) is 56.3 Å². The maximum Gasteiger partial charge on any atom is 0.250 e. The van der Waals surface area contributed by atoms with Crippen molar-refractivity contribution in [2.24, 2.45) is 5.41 Å². The summed E-state index contributed by atoms with van der Waals surface area (Å²) in [4.78, 5) is 28.6. The van der Waals surface area contributed by atoms with Gasteiger partial charge in [-0.2, -0.15) is 0 Å². The summed E-state index contributed by atoms with van der Waals surface area (Å²) >= 11 is 0. The lowest BCUT2D eigenvalue weighted by Gasteiger charge is -2.44. The number of nitrogens with zero attached hydrogens (tertiary/aromatic N) is 1. The number of benzene rings is 1. The Morgan fingerprint density at radius 3 is 2.70 bits per heavy atom. The number of likely N-dealkylation sites (tertiary alicyclic amines) is 1. The van der Waals surface area contributed by atoms with Gasteiger partial charge in [-0.1, -0.05) is 37.5 Å². The molecule has 1 N–H and O–H groups in total. The number of hydrogen-bond acceptors (Lipinski definition) is 3. The Bertz CT molecular complexity index is 671. The molecule has 23 heavy (non-hydrogen) atoms. The Kier molecular flexibility index (Phi) is 3.34. The molecule has 2 spiro atoms. The van der Waals surface area contributed by atoms with E-state index in [4.69, 9.17) is 0 Å². The maximum atomic E-state index is 13.2. The molecule has 1 saturated heterocycles. The fourth-order valence-electron chi connectivity index (χ4n) is 5.26. The lowest BCUT2D eigenvalue weighted by molar-refractivity contribution is -0.145. The van der Waals surface area contributed by atoms with Gasteiger partial charge < -0.3 is 5.32 Å². The zero-order chi connectivity index (χ0) is 16.1. The first-order chi connectivity index (χ1) is 11.1. The van der Waals surface area contributed by atoms with Crippen LogP contribution in [0, 0.1) is 5.41 Å². The molecule has 2 atom stereocenters. The van der Waals surface area contributed by atoms with E-state index in [1.165, 1.54) is 0 Å². The van der Waals surface area contributed by atoms with Gasteiger partial charge in [0.15, 0.2) is 0 Å². The van der Waals surface area contributed by atoms with Gasteiger partial charge in [-0.25, -0.2) is 0 Å². The van der Waals surface area contributed by atoms with Crippen molar-refractivity contribution in [2.75, 3.05) is 18.9 Å². The molecule has 1 aromatic carbocycles. The van der Waals surface area contributed by atoms with Gasteiger partial charge in [-0.05, 0) is 32.4 Å². The molecule has 1 amide bonds. The second-order valence-electron chi connectivity index (χ2n) is 7.30. The second kappa shape index (κ2) is 5.17. The summed E-state index contributed by atoms with van der Waals surface area (Å²) in [6, 6.07) is 7.91. The Morgan fingerprint density at radius 1 is 1.04 bits per heavy atom. The van der Waals surface area contributed by atoms with Crippen molar-refractivity contribution in [1.82, 2.24) is 4.90 Å². The zero-order valence-corrected chi connectivity index (χ0v) is 13.7. The van der Waals surface area contributed by atoms with Crippen LogP contribution in [0.5, 0.6) is 0 Å². The lowest BCUT2D eigenvalue weighted by atomic mass is 9.60. The Hall–Kier alpha value is -1.68. The molecule has 4 rings (SSSR count). The monoisotopic (exact) mass is 312 g/mol. The van der Waals surface area contributed by atoms with Crippen LogP contribution in [0.4, 0.5) is 5.69 Å². The average molecular weight is 312 g/mol. The molecule has 4 heteroatoms. The number of nitrogens with one attached hydrogen (secondary N) is 1. The summed E-state index contributed by atoms with van der Waals surface area (Å²) in [5.41, 5.74) is 0.510. The number of para-hydroxylation sites is 1. The molecule has 4 nitrogen and oxygen atoms in total. The topological polar surface area (TPSA) is 49.4 Å². The predicted molar refractivity (Wildman–Crippen MR) is 89.1 cm³/mol. The number of carbonyl (C=O) groups excluding carboxylic acids is 2. The summed E-state index contributed by atoms with van der Waals surface area (Å²) in [5.74, 6) is 0.293. The van der Waals surface area contributed by atoms with Gasteiger partial charge in [0.05, 0.1) is 5.41 Å². The summed E-state index contributed by atoms with van der Waals surface area (Å²) in [7, 11) is 2.00. The quantitative estimate of drug-likeness (QED) is 0.801. The third kappa shape index (κ3) is 1.76. The third-order valence-corrected chi connectivity index (χ3v) is 6.32. The minimum absolute atomic E-state index is 0.00683. The summed E-state index contributed by atoms with van der Waals surface area (Å²) in [6.07, 6.45) is 6.54. The molecule has 1 saturated carbocycles. The lowest BCUT2D eigenvalue weighted by Crippen LogP contribution is -2.57. The van der Waals surface area contributed by atoms with Crippen LogP contribution in [0.3, 0.4) is 0 Å². The number of hydrogen-bond donors (Lipinski definition) is 1. The van der Waals surface area contributed by atoms with Crippen LogP contribution >= 0.6 is 0 Å². The first-order valence-corrected chi connectivity index (χ1v) is 8.78. The van der Waals surface area contributed by atoms with Crippen molar-refractivity contribution < 1.29 is 9.59 Å². The SMILES string of the molecule is CN1CC[C@@]2(CCCCCCC2=O)[C@@]12C(=O)Nc1ccccc12. The average Bonchev–Trinajstić information content (AvgIpc) is 3.00. The Labute approximate surface area is 137 Å². The van der Waals surface area contributed by atoms with Gasteiger partial charge in [0.25, 0.3) is 5.91 Å². The fraction of sp³-hybridized carbons (Fsp3) is 0.579. The number of fused-ring (bicyclic) bond motifs is 3. The molecule has 2 fully saturated rings. The van der Waals surface area contributed by atoms with Gasteiger partial charge in [-0.15, -0.1) is 0 Å². The Balaban J connectivity index is 1.93. The summed E-state index contributed by atoms with van der Waals surface area (Å²) in [5, 5.41) is 3.06. The minimum Gasteiger partial charge on any atom is -0.324 e. The van der Waals surface area contributed by atoms with Gasteiger partial charge in [0.1, 0.15) is 11.3 Å². The number of Topliss-reactive ketones (excluding diaryl/α,β-unsaturated/α-hetero) is 1. The molecule has 0 radical (unpaired) electrons. The largest absolute Gasteiger partial charge is 0.324 e. The van der Waals surface area contributed by atoms with Gasteiger partial charge >= 0.3 is 0 Å². The van der Waals surface area contributed by atoms with Crippen molar-refractivity contribution in [3.8, 4) is 0 Å². The van der Waals surface area contributed by atoms with Crippen molar-refractivity contribution in [2.45, 2.75) is 50.5 Å². The van der Waals surface area contributed by atoms with Crippen LogP contribution in [0.25, 0.3) is 0 Å². The smallest absolute Gasteiger partial charge is 0.250 e. The highest BCUT2D eigenvalue weighted by Gasteiger charge is 2.68. The van der Waals surface area contributed by atoms with E-state index in [0.29, 0.717) is 12.2 Å². The van der Waals surface area contributed by atoms with Crippen LogP contribution in [-0.4, -0.2) is 30.2 Å². The number of ketones is 1. The highest BCUT2D eigenvalue weighted by Crippen LogP contribution is 2.60. The van der Waals surface area contributed by atoms with Crippen LogP contribution < -0.4 is 5.32 Å². The number of likely N-dealkylation sites (N-methyl/N-ethyl adjacent to an activating group) is 1. The number of rotatable bonds is 0. The molecular weight excluding hydrogens is 288 g/mol. The third-order valence-electron chi connectivity index (χ3n) is 6.32. The minimum atomic E-state index is -0.808. The molecule has 0 unspecified atom stereocenters. The van der Waals surface area contributed by atoms with Crippen molar-refractivity contribution >= 4 is 17.4 Å². The van der Waals surface area contributed by atoms with E-state index < -0.39 is 11.0 Å². The van der Waals surface area contributed by atoms with Crippen LogP contribution in [0.15, 0.2) is 24.3 Å². The zero-order valence-electron chi connectivity index (χ0n) is 13.7. The molecule has 2 heterocycles. The van der Waals surface area contributed by atoms with Crippen molar-refractivity contribution in [3.05, 3.63) is 29.8 Å². The van der Waals surface area contributed by atoms with E-state index >= 15 is 0 Å². The number of anilines is 1. The highest BCUT2D eigenvalue weighted by molar-refractivity contribution is 6.10. The van der Waals surface area contributed by atoms with Crippen molar-refractivity contribution in [3.63, 3.8) is 0 Å². The second-order valence-corrected chi connectivity index (χ2v) is 7.30. The van der Waals surface area contributed by atoms with Gasteiger partial charge in [0, 0.05) is 24.2 Å². The highest BCUT2D eigenvalue weighted by atomic mass is 16.2. The summed E-state index contributed by atoms with van der Waals surface area (Å²) < 4.78 is 0. The molecule has 3 aliphatic rings. The van der Waals surface area contributed by atoms with E-state index in [2.05, 4.69) is 10.2 Å². The van der Waals surface area contributed by atoms with E-state index in [1.54, 1.807) is 0 Å². The van der Waals surface area contributed by atoms with E-state index in [9.17, 15) is 9.59 Å². The molecule has 0 aromatic heterocycles. The van der Waals surface area contributed by atoms with Crippen LogP contribution in [-0.2, 0) is 15.1 Å². The normalized spacial score (nSPS) is 34.5. The van der Waals surface area contributed by atoms with E-state index in [1.807, 2.05) is 31.3 Å². The van der Waals surface area contributed by atoms with Crippen LogP contribution in [0.1, 0.15) is 50.5 Å². The van der Waals surface area contributed by atoms with Gasteiger partial charge in [0.2, 0.25) is 0 Å². The first-order valence-electron chi connectivity index (χ1n) is 8.78. The number of carbonyl (C=O) groups is 2. The molecular formula is C19H24N2O2. The molecule has 0 bridgehead atoms. The Morgan fingerprint density at radius 2 is 1.83 bits per heavy atom. The number of amides is 1. The van der Waals surface area contributed by atoms with E-state index in [-0.39, 0.29) is 5.91 Å². The fourth-order valence-corrected chi connectivity index (χ4v) is 5.26. The maximum absolute atomic E-state index is 13.2. The first kappa shape index (κ1) is 14.9. The van der Waals surface area contributed by atoms with Crippen LogP contribution in [0.2, 0.25) is 0 Å². The van der Waals surface area contributed by atoms with Gasteiger partial charge in [-0.3, -0.25) is 14.5 Å². The molecule has 2 aliphatic heterocycles. The standard InChI is InChI=1S/C19H24N2O2/c1-21-13-12-18(11-7-3-2-4-10-16(18)22)19(21)14-8-5-6-9-15(14)20-17(19)23/h5-6,8-9H,2-4,7,10-13H2,1H3,(H,20,23)/t18-,19-/m1/s1. The molecule has 122 valence electrons. The van der Waals surface area contributed by atoms with Crippen molar-refractivity contribution in [1.29, 1.82) is 0 Å². The summed E-state index contributed by atoms with van der Waals surface area (Å²) in [6.45, 7) is 0.799. The predicted octanol–water partition coefficient (Wildman–Crippen LogP) is 3.08.